The van der Waals surface area contributed by atoms with E-state index in [9.17, 15) is 8.78 Å². The fourth-order valence-corrected chi connectivity index (χ4v) is 4.88. The molecule has 0 aliphatic carbocycles. The Morgan fingerprint density at radius 2 is 1.80 bits per heavy atom. The summed E-state index contributed by atoms with van der Waals surface area (Å²) in [6.45, 7) is 1.52. The highest BCUT2D eigenvalue weighted by atomic mass is 19.1. The number of nitrogens with one attached hydrogen (secondary N) is 2. The highest BCUT2D eigenvalue weighted by Crippen LogP contribution is 2.36. The van der Waals surface area contributed by atoms with E-state index in [0.29, 0.717) is 36.7 Å². The first-order chi connectivity index (χ1) is 14.6. The average Bonchev–Trinajstić information content (AvgIpc) is 2.98. The van der Waals surface area contributed by atoms with Crippen molar-refractivity contribution in [3.63, 3.8) is 0 Å². The van der Waals surface area contributed by atoms with Crippen LogP contribution in [0.3, 0.4) is 0 Å². The highest BCUT2D eigenvalue weighted by molar-refractivity contribution is 5.80. The minimum Gasteiger partial charge on any atom is -0.356 e. The third kappa shape index (κ3) is 4.98. The molecule has 0 aromatic heterocycles. The van der Waals surface area contributed by atoms with Gasteiger partial charge in [-0.25, -0.2) is 8.78 Å². The molecule has 2 bridgehead atoms. The van der Waals surface area contributed by atoms with Gasteiger partial charge in [-0.3, -0.25) is 9.89 Å². The van der Waals surface area contributed by atoms with Crippen LogP contribution in [-0.4, -0.2) is 42.6 Å². The lowest BCUT2D eigenvalue weighted by atomic mass is 9.96. The molecule has 2 heterocycles. The van der Waals surface area contributed by atoms with Crippen LogP contribution in [0.1, 0.15) is 36.8 Å². The lowest BCUT2D eigenvalue weighted by molar-refractivity contribution is 0.114. The summed E-state index contributed by atoms with van der Waals surface area (Å²) in [5.41, 5.74) is 1.76. The Balaban J connectivity index is 1.27. The van der Waals surface area contributed by atoms with Crippen LogP contribution in [0.15, 0.2) is 53.5 Å². The maximum atomic E-state index is 13.8. The Morgan fingerprint density at radius 1 is 1.07 bits per heavy atom. The van der Waals surface area contributed by atoms with Crippen LogP contribution in [0.4, 0.5) is 8.78 Å². The Labute approximate surface area is 177 Å². The minimum absolute atomic E-state index is 0.372. The third-order valence-electron chi connectivity index (χ3n) is 6.35. The van der Waals surface area contributed by atoms with E-state index >= 15 is 0 Å². The zero-order chi connectivity index (χ0) is 20.9. The lowest BCUT2D eigenvalue weighted by Crippen LogP contribution is -2.52. The number of hydrogen-bond acceptors (Lipinski definition) is 2. The summed E-state index contributed by atoms with van der Waals surface area (Å²) in [6, 6.07) is 15.8. The first kappa shape index (κ1) is 20.8. The van der Waals surface area contributed by atoms with Gasteiger partial charge in [0.1, 0.15) is 11.6 Å². The largest absolute Gasteiger partial charge is 0.356 e. The first-order valence-electron chi connectivity index (χ1n) is 10.8. The van der Waals surface area contributed by atoms with E-state index in [1.54, 1.807) is 7.05 Å². The second-order valence-corrected chi connectivity index (χ2v) is 8.34. The summed E-state index contributed by atoms with van der Waals surface area (Å²) in [5.74, 6) is -0.0529. The molecule has 2 aliphatic heterocycles. The van der Waals surface area contributed by atoms with E-state index in [1.807, 2.05) is 0 Å². The molecule has 4 nitrogen and oxygen atoms in total. The Bertz CT molecular complexity index is 857. The van der Waals surface area contributed by atoms with Gasteiger partial charge in [0, 0.05) is 38.3 Å². The van der Waals surface area contributed by atoms with E-state index < -0.39 is 5.82 Å². The number of aliphatic imine (C=N–C) groups is 1. The van der Waals surface area contributed by atoms with Crippen molar-refractivity contribution in [2.75, 3.05) is 13.6 Å². The van der Waals surface area contributed by atoms with Gasteiger partial charge < -0.3 is 10.6 Å². The highest BCUT2D eigenvalue weighted by Gasteiger charge is 2.40. The van der Waals surface area contributed by atoms with Crippen molar-refractivity contribution in [3.05, 3.63) is 71.3 Å². The van der Waals surface area contributed by atoms with Crippen LogP contribution in [-0.2, 0) is 13.0 Å². The van der Waals surface area contributed by atoms with E-state index in [2.05, 4.69) is 50.9 Å². The Kier molecular flexibility index (Phi) is 6.62. The Morgan fingerprint density at radius 3 is 2.50 bits per heavy atom. The first-order valence-corrected chi connectivity index (χ1v) is 10.8. The van der Waals surface area contributed by atoms with Gasteiger partial charge in [0.15, 0.2) is 5.96 Å². The maximum absolute atomic E-state index is 13.8. The molecule has 0 amide bonds. The summed E-state index contributed by atoms with van der Waals surface area (Å²) in [7, 11) is 1.75. The van der Waals surface area contributed by atoms with E-state index in [0.717, 1.165) is 31.4 Å². The molecule has 0 spiro atoms. The smallest absolute Gasteiger partial charge is 0.191 e. The van der Waals surface area contributed by atoms with Gasteiger partial charge in [-0.05, 0) is 61.4 Å². The van der Waals surface area contributed by atoms with Crippen molar-refractivity contribution in [3.8, 4) is 0 Å². The van der Waals surface area contributed by atoms with Crippen molar-refractivity contribution in [2.45, 2.75) is 56.8 Å². The van der Waals surface area contributed by atoms with Gasteiger partial charge in [0.25, 0.3) is 0 Å². The zero-order valence-corrected chi connectivity index (χ0v) is 17.5. The molecular formula is C24H30F2N4. The molecule has 4 rings (SSSR count). The molecule has 0 radical (unpaired) electrons. The molecule has 2 aliphatic rings. The average molecular weight is 413 g/mol. The van der Waals surface area contributed by atoms with Crippen molar-refractivity contribution in [1.82, 2.24) is 15.5 Å². The summed E-state index contributed by atoms with van der Waals surface area (Å²) in [4.78, 5) is 6.99. The molecule has 2 aromatic carbocycles. The number of benzene rings is 2. The Hall–Kier alpha value is -2.47. The number of nitrogens with zero attached hydrogens (tertiary/aromatic N) is 2. The summed E-state index contributed by atoms with van der Waals surface area (Å²) < 4.78 is 27.1. The van der Waals surface area contributed by atoms with Crippen molar-refractivity contribution >= 4 is 5.96 Å². The van der Waals surface area contributed by atoms with Crippen LogP contribution in [0.25, 0.3) is 0 Å². The maximum Gasteiger partial charge on any atom is 0.191 e. The predicted octanol–water partition coefficient (Wildman–Crippen LogP) is 3.87. The number of fused-ring (bicyclic) bond motifs is 2. The third-order valence-corrected chi connectivity index (χ3v) is 6.35. The van der Waals surface area contributed by atoms with Crippen LogP contribution >= 0.6 is 0 Å². The van der Waals surface area contributed by atoms with E-state index in [-0.39, 0.29) is 5.82 Å². The molecule has 30 heavy (non-hydrogen) atoms. The zero-order valence-electron chi connectivity index (χ0n) is 17.5. The van der Waals surface area contributed by atoms with Crippen LogP contribution in [0, 0.1) is 11.6 Å². The number of piperidine rings is 1. The second kappa shape index (κ2) is 9.56. The van der Waals surface area contributed by atoms with E-state index in [4.69, 9.17) is 0 Å². The molecule has 2 aromatic rings. The lowest BCUT2D eigenvalue weighted by Gasteiger charge is -2.39. The normalized spacial score (nSPS) is 24.1. The monoisotopic (exact) mass is 412 g/mol. The molecular weight excluding hydrogens is 382 g/mol. The van der Waals surface area contributed by atoms with Gasteiger partial charge in [-0.2, -0.15) is 0 Å². The molecule has 2 fully saturated rings. The number of hydrogen-bond donors (Lipinski definition) is 2. The van der Waals surface area contributed by atoms with Crippen molar-refractivity contribution in [2.24, 2.45) is 4.99 Å². The standard InChI is InChI=1S/C24H30F2N4/c1-27-24(28-12-11-18-13-19(25)7-10-23(18)26)29-20-14-21-8-9-22(15-20)30(21)16-17-5-3-2-4-6-17/h2-7,10,13,20-22H,8-9,11-12,14-16H2,1H3,(H2,27,28,29). The SMILES string of the molecule is CN=C(NCCc1cc(F)ccc1F)NC1CC2CCC(C1)N2Cc1ccccc1. The number of guanidine groups is 1. The van der Waals surface area contributed by atoms with Crippen LogP contribution in [0.2, 0.25) is 0 Å². The molecule has 160 valence electrons. The summed E-state index contributed by atoms with van der Waals surface area (Å²) in [6.07, 6.45) is 5.11. The summed E-state index contributed by atoms with van der Waals surface area (Å²) in [5, 5.41) is 6.80. The topological polar surface area (TPSA) is 39.7 Å². The van der Waals surface area contributed by atoms with Crippen LogP contribution in [0.5, 0.6) is 0 Å². The second-order valence-electron chi connectivity index (χ2n) is 8.34. The molecule has 0 saturated carbocycles. The van der Waals surface area contributed by atoms with Crippen molar-refractivity contribution in [1.29, 1.82) is 0 Å². The molecule has 2 atom stereocenters. The van der Waals surface area contributed by atoms with Gasteiger partial charge in [-0.15, -0.1) is 0 Å². The van der Waals surface area contributed by atoms with Crippen LogP contribution < -0.4 is 10.6 Å². The number of rotatable bonds is 6. The number of halogens is 2. The predicted molar refractivity (Wildman–Crippen MR) is 116 cm³/mol. The van der Waals surface area contributed by atoms with Gasteiger partial charge in [0.05, 0.1) is 0 Å². The molecule has 2 saturated heterocycles. The van der Waals surface area contributed by atoms with Gasteiger partial charge in [0.2, 0.25) is 0 Å². The quantitative estimate of drug-likeness (QED) is 0.559. The van der Waals surface area contributed by atoms with Gasteiger partial charge in [-0.1, -0.05) is 30.3 Å². The van der Waals surface area contributed by atoms with Gasteiger partial charge >= 0.3 is 0 Å². The van der Waals surface area contributed by atoms with Crippen molar-refractivity contribution < 1.29 is 8.78 Å². The summed E-state index contributed by atoms with van der Waals surface area (Å²) >= 11 is 0. The molecule has 6 heteroatoms. The van der Waals surface area contributed by atoms with E-state index in [1.165, 1.54) is 30.5 Å². The molecule has 2 unspecified atom stereocenters. The fourth-order valence-electron chi connectivity index (χ4n) is 4.88. The molecule has 2 N–H and O–H groups in total. The fraction of sp³-hybridized carbons (Fsp3) is 0.458. The minimum atomic E-state index is -0.411.